The Kier molecular flexibility index (Phi) is 9.64. The molecular formula is C15H27N5O7. The van der Waals surface area contributed by atoms with Crippen molar-refractivity contribution in [3.05, 3.63) is 0 Å². The molecule has 0 bridgehead atoms. The predicted octanol–water partition coefficient (Wildman–Crippen LogP) is -3.40. The fraction of sp³-hybridized carbons (Fsp3) is 0.733. The number of nitrogens with zero attached hydrogens (tertiary/aromatic N) is 3. The van der Waals surface area contributed by atoms with Gasteiger partial charge in [0.15, 0.2) is 0 Å². The Bertz CT molecular complexity index is 517. The van der Waals surface area contributed by atoms with E-state index in [9.17, 15) is 19.2 Å². The molecule has 0 radical (unpaired) electrons. The molecule has 12 nitrogen and oxygen atoms in total. The van der Waals surface area contributed by atoms with Crippen LogP contribution in [0.4, 0.5) is 0 Å². The summed E-state index contributed by atoms with van der Waals surface area (Å²) < 4.78 is 0. The highest BCUT2D eigenvalue weighted by molar-refractivity contribution is 5.79. The first-order valence-electron chi connectivity index (χ1n) is 8.53. The van der Waals surface area contributed by atoms with Crippen LogP contribution >= 0.6 is 0 Å². The zero-order valence-electron chi connectivity index (χ0n) is 15.0. The summed E-state index contributed by atoms with van der Waals surface area (Å²) in [6, 6.07) is -1.19. The predicted molar refractivity (Wildman–Crippen MR) is 93.2 cm³/mol. The highest BCUT2D eigenvalue weighted by atomic mass is 16.4. The molecule has 154 valence electrons. The SMILES string of the molecule is NC(CNC(=O)CN1CCN(CC(=O)O)CCN(CC(=O)O)CC1)C(=O)O. The molecule has 0 aliphatic carbocycles. The molecule has 6 N–H and O–H groups in total. The van der Waals surface area contributed by atoms with Crippen LogP contribution in [0.5, 0.6) is 0 Å². The van der Waals surface area contributed by atoms with Crippen LogP contribution in [0.25, 0.3) is 0 Å². The number of aliphatic carboxylic acids is 3. The van der Waals surface area contributed by atoms with Gasteiger partial charge in [0.2, 0.25) is 5.91 Å². The molecule has 1 unspecified atom stereocenters. The van der Waals surface area contributed by atoms with Crippen LogP contribution in [0.1, 0.15) is 0 Å². The van der Waals surface area contributed by atoms with E-state index >= 15 is 0 Å². The Morgan fingerprint density at radius 3 is 1.48 bits per heavy atom. The van der Waals surface area contributed by atoms with Gasteiger partial charge in [-0.3, -0.25) is 33.9 Å². The van der Waals surface area contributed by atoms with Gasteiger partial charge in [-0.05, 0) is 0 Å². The third-order valence-corrected chi connectivity index (χ3v) is 4.12. The molecule has 1 aliphatic rings. The van der Waals surface area contributed by atoms with Gasteiger partial charge in [-0.1, -0.05) is 0 Å². The number of nitrogens with two attached hydrogens (primary N) is 1. The van der Waals surface area contributed by atoms with Gasteiger partial charge < -0.3 is 26.4 Å². The Morgan fingerprint density at radius 2 is 1.15 bits per heavy atom. The van der Waals surface area contributed by atoms with E-state index in [4.69, 9.17) is 21.1 Å². The average Bonchev–Trinajstić information content (AvgIpc) is 2.65. The van der Waals surface area contributed by atoms with Crippen molar-refractivity contribution in [2.75, 3.05) is 65.4 Å². The van der Waals surface area contributed by atoms with E-state index in [1.165, 1.54) is 0 Å². The van der Waals surface area contributed by atoms with Crippen molar-refractivity contribution in [3.8, 4) is 0 Å². The minimum atomic E-state index is -1.22. The molecule has 0 aromatic rings. The Hall–Kier alpha value is -2.28. The van der Waals surface area contributed by atoms with Crippen molar-refractivity contribution in [1.29, 1.82) is 0 Å². The van der Waals surface area contributed by atoms with Crippen LogP contribution in [0.2, 0.25) is 0 Å². The maximum atomic E-state index is 12.0. The summed E-state index contributed by atoms with van der Waals surface area (Å²) in [4.78, 5) is 49.8. The quantitative estimate of drug-likeness (QED) is 0.266. The van der Waals surface area contributed by atoms with E-state index in [1.54, 1.807) is 14.7 Å². The number of carbonyl (C=O) groups is 4. The molecule has 1 amide bonds. The van der Waals surface area contributed by atoms with Gasteiger partial charge in [0.1, 0.15) is 6.04 Å². The molecule has 0 saturated carbocycles. The monoisotopic (exact) mass is 389 g/mol. The van der Waals surface area contributed by atoms with Crippen LogP contribution < -0.4 is 11.1 Å². The maximum Gasteiger partial charge on any atom is 0.322 e. The van der Waals surface area contributed by atoms with Crippen LogP contribution in [-0.4, -0.2) is 125 Å². The zero-order valence-corrected chi connectivity index (χ0v) is 15.0. The van der Waals surface area contributed by atoms with E-state index in [-0.39, 0.29) is 26.2 Å². The van der Waals surface area contributed by atoms with Crippen molar-refractivity contribution < 1.29 is 34.5 Å². The minimum Gasteiger partial charge on any atom is -0.480 e. The van der Waals surface area contributed by atoms with E-state index in [0.29, 0.717) is 39.3 Å². The van der Waals surface area contributed by atoms with Gasteiger partial charge in [-0.15, -0.1) is 0 Å². The number of rotatable bonds is 9. The summed E-state index contributed by atoms with van der Waals surface area (Å²) in [6.07, 6.45) is 0. The summed E-state index contributed by atoms with van der Waals surface area (Å²) in [5, 5.41) is 29.2. The molecule has 27 heavy (non-hydrogen) atoms. The molecule has 1 atom stereocenters. The number of hydrogen-bond donors (Lipinski definition) is 5. The molecule has 1 fully saturated rings. The Labute approximate surface area is 156 Å². The van der Waals surface area contributed by atoms with Crippen molar-refractivity contribution in [2.45, 2.75) is 6.04 Å². The summed E-state index contributed by atoms with van der Waals surface area (Å²) in [6.45, 7) is 1.93. The first kappa shape index (κ1) is 22.8. The molecule has 1 heterocycles. The summed E-state index contributed by atoms with van der Waals surface area (Å²) >= 11 is 0. The fourth-order valence-electron chi connectivity index (χ4n) is 2.61. The summed E-state index contributed by atoms with van der Waals surface area (Å²) in [5.74, 6) is -3.58. The van der Waals surface area contributed by atoms with Crippen LogP contribution in [-0.2, 0) is 19.2 Å². The maximum absolute atomic E-state index is 12.0. The van der Waals surface area contributed by atoms with E-state index in [2.05, 4.69) is 5.32 Å². The Balaban J connectivity index is 2.65. The van der Waals surface area contributed by atoms with Crippen LogP contribution in [0.3, 0.4) is 0 Å². The lowest BCUT2D eigenvalue weighted by Crippen LogP contribution is -2.47. The van der Waals surface area contributed by atoms with Crippen molar-refractivity contribution in [1.82, 2.24) is 20.0 Å². The van der Waals surface area contributed by atoms with E-state index in [1.807, 2.05) is 0 Å². The van der Waals surface area contributed by atoms with E-state index < -0.39 is 29.9 Å². The van der Waals surface area contributed by atoms with Crippen LogP contribution in [0, 0.1) is 0 Å². The molecule has 12 heteroatoms. The van der Waals surface area contributed by atoms with E-state index in [0.717, 1.165) is 0 Å². The second kappa shape index (κ2) is 11.4. The minimum absolute atomic E-state index is 0.0197. The largest absolute Gasteiger partial charge is 0.480 e. The second-order valence-corrected chi connectivity index (χ2v) is 6.36. The third kappa shape index (κ3) is 9.84. The number of hydrogen-bond acceptors (Lipinski definition) is 8. The molecule has 0 aromatic heterocycles. The summed E-state index contributed by atoms with van der Waals surface area (Å²) in [5.41, 5.74) is 5.34. The standard InChI is InChI=1S/C15H27N5O7/c16-11(15(26)27)7-17-12(21)8-18-1-3-19(9-13(22)23)5-6-20(4-2-18)10-14(24)25/h11H,1-10,16H2,(H,17,21)(H,22,23)(H,24,25)(H,26,27). The number of carboxylic acids is 3. The number of carbonyl (C=O) groups excluding carboxylic acids is 1. The molecule has 0 spiro atoms. The van der Waals surface area contributed by atoms with Crippen molar-refractivity contribution >= 4 is 23.8 Å². The third-order valence-electron chi connectivity index (χ3n) is 4.12. The number of amides is 1. The fourth-order valence-corrected chi connectivity index (χ4v) is 2.61. The smallest absolute Gasteiger partial charge is 0.322 e. The zero-order chi connectivity index (χ0) is 20.4. The van der Waals surface area contributed by atoms with Gasteiger partial charge in [-0.25, -0.2) is 0 Å². The second-order valence-electron chi connectivity index (χ2n) is 6.36. The lowest BCUT2D eigenvalue weighted by molar-refractivity contribution is -0.140. The highest BCUT2D eigenvalue weighted by Crippen LogP contribution is 2.01. The van der Waals surface area contributed by atoms with Gasteiger partial charge in [-0.2, -0.15) is 0 Å². The van der Waals surface area contributed by atoms with Crippen molar-refractivity contribution in [3.63, 3.8) is 0 Å². The first-order valence-corrected chi connectivity index (χ1v) is 8.53. The van der Waals surface area contributed by atoms with Crippen molar-refractivity contribution in [2.24, 2.45) is 5.73 Å². The first-order chi connectivity index (χ1) is 12.7. The lowest BCUT2D eigenvalue weighted by atomic mass is 10.3. The number of carboxylic acid groups (broad SMARTS) is 3. The number of nitrogens with one attached hydrogen (secondary N) is 1. The lowest BCUT2D eigenvalue weighted by Gasteiger charge is -2.24. The van der Waals surface area contributed by atoms with Gasteiger partial charge in [0.05, 0.1) is 19.6 Å². The van der Waals surface area contributed by atoms with Gasteiger partial charge >= 0.3 is 17.9 Å². The van der Waals surface area contributed by atoms with Gasteiger partial charge in [0.25, 0.3) is 0 Å². The molecule has 0 aromatic carbocycles. The molecule has 1 aliphatic heterocycles. The van der Waals surface area contributed by atoms with Crippen LogP contribution in [0.15, 0.2) is 0 Å². The molecule has 1 rings (SSSR count). The average molecular weight is 389 g/mol. The molecular weight excluding hydrogens is 362 g/mol. The Morgan fingerprint density at radius 1 is 0.778 bits per heavy atom. The topological polar surface area (TPSA) is 177 Å². The normalized spacial score (nSPS) is 18.7. The molecule has 1 saturated heterocycles. The van der Waals surface area contributed by atoms with Gasteiger partial charge in [0, 0.05) is 45.8 Å². The highest BCUT2D eigenvalue weighted by Gasteiger charge is 2.21. The summed E-state index contributed by atoms with van der Waals surface area (Å²) in [7, 11) is 0.